The van der Waals surface area contributed by atoms with E-state index < -0.39 is 46.7 Å². The maximum Gasteiger partial charge on any atom is 0.511 e. The quantitative estimate of drug-likeness (QED) is 0.154. The van der Waals surface area contributed by atoms with E-state index in [4.69, 9.17) is 18.4 Å². The van der Waals surface area contributed by atoms with Crippen LogP contribution in [0.5, 0.6) is 0 Å². The Morgan fingerprint density at radius 3 is 2.35 bits per heavy atom. The Morgan fingerprint density at radius 2 is 1.76 bits per heavy atom. The highest BCUT2D eigenvalue weighted by molar-refractivity contribution is 7.86. The molecule has 1 aliphatic rings. The number of rotatable bonds is 14. The molecule has 2 N–H and O–H groups in total. The second-order valence-corrected chi connectivity index (χ2v) is 10.9. The highest BCUT2D eigenvalue weighted by Crippen LogP contribution is 2.30. The van der Waals surface area contributed by atoms with E-state index >= 15 is 0 Å². The minimum Gasteiger partial charge on any atom is -0.434 e. The van der Waals surface area contributed by atoms with Gasteiger partial charge in [-0.25, -0.2) is 9.59 Å². The summed E-state index contributed by atoms with van der Waals surface area (Å²) in [6.07, 6.45) is 1.08. The normalized spacial score (nSPS) is 16.9. The first-order chi connectivity index (χ1) is 15.9. The summed E-state index contributed by atoms with van der Waals surface area (Å²) in [5.74, 6) is -1.87. The molecule has 0 aromatic heterocycles. The van der Waals surface area contributed by atoms with Gasteiger partial charge in [0.15, 0.2) is 6.10 Å². The highest BCUT2D eigenvalue weighted by Gasteiger charge is 2.40. The summed E-state index contributed by atoms with van der Waals surface area (Å²) in [7, 11) is -3.94. The summed E-state index contributed by atoms with van der Waals surface area (Å²) in [5.41, 5.74) is -1.32. The molecule has 0 aromatic rings. The van der Waals surface area contributed by atoms with E-state index in [1.165, 1.54) is 20.8 Å². The van der Waals surface area contributed by atoms with Crippen molar-refractivity contribution in [2.24, 2.45) is 11.3 Å². The Hall–Kier alpha value is -1.92. The number of hydrogen-bond donors (Lipinski definition) is 2. The van der Waals surface area contributed by atoms with Gasteiger partial charge in [-0.15, -0.1) is 0 Å². The zero-order chi connectivity index (χ0) is 25.8. The zero-order valence-corrected chi connectivity index (χ0v) is 21.4. The predicted octanol–water partition coefficient (Wildman–Crippen LogP) is 2.26. The first-order valence-electron chi connectivity index (χ1n) is 11.7. The second-order valence-electron chi connectivity index (χ2n) is 9.17. The number of nitrogens with one attached hydrogen (secondary N) is 1. The van der Waals surface area contributed by atoms with Crippen molar-refractivity contribution in [3.63, 3.8) is 0 Å². The van der Waals surface area contributed by atoms with Gasteiger partial charge in [0, 0.05) is 24.8 Å². The van der Waals surface area contributed by atoms with Crippen molar-refractivity contribution in [2.45, 2.75) is 85.0 Å². The molecular formula is C22H39NO10S. The van der Waals surface area contributed by atoms with Crippen molar-refractivity contribution in [3.05, 3.63) is 0 Å². The first kappa shape index (κ1) is 30.1. The van der Waals surface area contributed by atoms with Crippen LogP contribution in [0.4, 0.5) is 4.79 Å². The molecular weight excluding hydrogens is 470 g/mol. The molecule has 1 aliphatic carbocycles. The van der Waals surface area contributed by atoms with E-state index in [1.54, 1.807) is 0 Å². The molecule has 1 fully saturated rings. The van der Waals surface area contributed by atoms with Crippen molar-refractivity contribution < 1.29 is 46.3 Å². The fourth-order valence-corrected chi connectivity index (χ4v) is 4.43. The molecule has 1 rings (SSSR count). The lowest BCUT2D eigenvalue weighted by molar-refractivity contribution is -0.198. The van der Waals surface area contributed by atoms with Crippen LogP contribution in [-0.2, 0) is 38.1 Å². The van der Waals surface area contributed by atoms with Gasteiger partial charge in [0.05, 0.1) is 19.0 Å². The Labute approximate surface area is 202 Å². The fourth-order valence-electron chi connectivity index (χ4n) is 3.33. The molecule has 0 spiro atoms. The van der Waals surface area contributed by atoms with Gasteiger partial charge in [0.2, 0.25) is 5.91 Å². The summed E-state index contributed by atoms with van der Waals surface area (Å²) >= 11 is 0. The van der Waals surface area contributed by atoms with E-state index in [1.807, 2.05) is 6.92 Å². The second kappa shape index (κ2) is 14.5. The number of aliphatic hydroxyl groups is 1. The van der Waals surface area contributed by atoms with E-state index in [9.17, 15) is 27.9 Å². The molecule has 0 heterocycles. The number of hydrogen-bond acceptors (Lipinski definition) is 10. The standard InChI is InChI=1S/C22H39NO10S/c1-5-13-30-21(27)33-20(17-10-7-6-8-11-17)32-19(26)18(25)22(3,4)15-31-34(28,29)14-9-12-23-16(2)24/h17-18,20,25H,5-15H2,1-4H3,(H,23,24)/t18-,20?/m0/s1. The maximum atomic E-state index is 12.7. The Morgan fingerprint density at radius 1 is 1.12 bits per heavy atom. The van der Waals surface area contributed by atoms with Gasteiger partial charge < -0.3 is 24.6 Å². The third kappa shape index (κ3) is 11.5. The molecule has 34 heavy (non-hydrogen) atoms. The lowest BCUT2D eigenvalue weighted by Crippen LogP contribution is -2.44. The van der Waals surface area contributed by atoms with E-state index in [-0.39, 0.29) is 37.2 Å². The number of carbonyl (C=O) groups is 3. The van der Waals surface area contributed by atoms with E-state index in [2.05, 4.69) is 5.32 Å². The average molecular weight is 510 g/mol. The number of amides is 1. The largest absolute Gasteiger partial charge is 0.511 e. The topological polar surface area (TPSA) is 155 Å². The first-order valence-corrected chi connectivity index (χ1v) is 13.3. The van der Waals surface area contributed by atoms with Crippen molar-refractivity contribution in [2.75, 3.05) is 25.5 Å². The molecule has 198 valence electrons. The van der Waals surface area contributed by atoms with Crippen LogP contribution in [0.15, 0.2) is 0 Å². The summed E-state index contributed by atoms with van der Waals surface area (Å²) in [4.78, 5) is 35.5. The molecule has 0 saturated heterocycles. The van der Waals surface area contributed by atoms with Gasteiger partial charge in [-0.2, -0.15) is 8.42 Å². The molecule has 0 radical (unpaired) electrons. The summed E-state index contributed by atoms with van der Waals surface area (Å²) < 4.78 is 44.7. The Balaban J connectivity index is 2.70. The lowest BCUT2D eigenvalue weighted by Gasteiger charge is -2.32. The van der Waals surface area contributed by atoms with Crippen LogP contribution in [0, 0.1) is 11.3 Å². The van der Waals surface area contributed by atoms with Crippen molar-refractivity contribution in [1.29, 1.82) is 0 Å². The highest BCUT2D eigenvalue weighted by atomic mass is 32.2. The van der Waals surface area contributed by atoms with Crippen molar-refractivity contribution >= 4 is 28.1 Å². The predicted molar refractivity (Wildman–Crippen MR) is 122 cm³/mol. The van der Waals surface area contributed by atoms with Gasteiger partial charge in [-0.1, -0.05) is 40.0 Å². The maximum absolute atomic E-state index is 12.7. The van der Waals surface area contributed by atoms with Crippen LogP contribution in [0.3, 0.4) is 0 Å². The lowest BCUT2D eigenvalue weighted by atomic mass is 9.87. The van der Waals surface area contributed by atoms with Gasteiger partial charge in [0.25, 0.3) is 16.4 Å². The summed E-state index contributed by atoms with van der Waals surface area (Å²) in [6, 6.07) is 0. The van der Waals surface area contributed by atoms with Gasteiger partial charge >= 0.3 is 12.1 Å². The third-order valence-electron chi connectivity index (χ3n) is 5.42. The van der Waals surface area contributed by atoms with Crippen molar-refractivity contribution in [3.8, 4) is 0 Å². The van der Waals surface area contributed by atoms with Gasteiger partial charge in [0.1, 0.15) is 0 Å². The molecule has 12 heteroatoms. The zero-order valence-electron chi connectivity index (χ0n) is 20.5. The van der Waals surface area contributed by atoms with Crippen LogP contribution in [0.1, 0.15) is 72.6 Å². The van der Waals surface area contributed by atoms with Gasteiger partial charge in [-0.05, 0) is 25.7 Å². The Kier molecular flexibility index (Phi) is 12.8. The van der Waals surface area contributed by atoms with Crippen molar-refractivity contribution in [1.82, 2.24) is 5.32 Å². The van der Waals surface area contributed by atoms with Crippen LogP contribution < -0.4 is 5.32 Å². The third-order valence-corrected chi connectivity index (χ3v) is 6.69. The summed E-state index contributed by atoms with van der Waals surface area (Å²) in [6.45, 7) is 5.94. The van der Waals surface area contributed by atoms with Crippen LogP contribution in [0.2, 0.25) is 0 Å². The summed E-state index contributed by atoms with van der Waals surface area (Å²) in [5, 5.41) is 13.1. The van der Waals surface area contributed by atoms with Crippen LogP contribution in [-0.4, -0.2) is 69.5 Å². The van der Waals surface area contributed by atoms with Gasteiger partial charge in [-0.3, -0.25) is 8.98 Å². The van der Waals surface area contributed by atoms with Crippen LogP contribution >= 0.6 is 0 Å². The SMILES string of the molecule is CCCOC(=O)OC(OC(=O)[C@H](O)C(C)(C)COS(=O)(=O)CCCNC(C)=O)C1CCCCC1. The number of carbonyl (C=O) groups excluding carboxylic acids is 3. The number of ether oxygens (including phenoxy) is 3. The molecule has 1 saturated carbocycles. The molecule has 11 nitrogen and oxygen atoms in total. The molecule has 0 aromatic carbocycles. The minimum atomic E-state index is -3.94. The number of esters is 1. The average Bonchev–Trinajstić information content (AvgIpc) is 2.79. The molecule has 0 bridgehead atoms. The monoisotopic (exact) mass is 509 g/mol. The fraction of sp³-hybridized carbons (Fsp3) is 0.864. The van der Waals surface area contributed by atoms with E-state index in [0.29, 0.717) is 19.3 Å². The molecule has 1 unspecified atom stereocenters. The van der Waals surface area contributed by atoms with Crippen LogP contribution in [0.25, 0.3) is 0 Å². The molecule has 0 aliphatic heterocycles. The Bertz CT molecular complexity index is 762. The molecule has 1 amide bonds. The minimum absolute atomic E-state index is 0.154. The molecule has 2 atom stereocenters. The smallest absolute Gasteiger partial charge is 0.434 e. The van der Waals surface area contributed by atoms with E-state index in [0.717, 1.165) is 19.3 Å². The number of aliphatic hydroxyl groups excluding tert-OH is 1.